The van der Waals surface area contributed by atoms with Gasteiger partial charge >= 0.3 is 0 Å². The number of rotatable bonds is 11. The monoisotopic (exact) mass is 434 g/mol. The van der Waals surface area contributed by atoms with Crippen LogP contribution in [0.2, 0.25) is 0 Å². The van der Waals surface area contributed by atoms with Crippen LogP contribution in [-0.4, -0.2) is 32.4 Å². The first-order valence-corrected chi connectivity index (χ1v) is 10.2. The minimum atomic E-state index is -0.370. The summed E-state index contributed by atoms with van der Waals surface area (Å²) in [6.45, 7) is 2.70. The molecule has 0 saturated heterocycles. The number of carbonyl (C=O) groups is 1. The lowest BCUT2D eigenvalue weighted by atomic mass is 10.2. The van der Waals surface area contributed by atoms with E-state index in [-0.39, 0.29) is 12.5 Å². The zero-order valence-corrected chi connectivity index (χ0v) is 18.1. The molecule has 0 bridgehead atoms. The summed E-state index contributed by atoms with van der Waals surface area (Å²) in [6, 6.07) is 22.4. The number of hydrogen-bond acceptors (Lipinski definition) is 6. The Hall–Kier alpha value is -4.00. The van der Waals surface area contributed by atoms with E-state index >= 15 is 0 Å². The fourth-order valence-corrected chi connectivity index (χ4v) is 2.76. The average molecular weight is 434 g/mol. The molecular weight excluding hydrogens is 408 g/mol. The molecule has 0 radical (unpaired) electrons. The molecule has 0 aromatic heterocycles. The highest BCUT2D eigenvalue weighted by atomic mass is 16.5. The maximum atomic E-state index is 12.0. The molecule has 3 aromatic carbocycles. The molecule has 0 unspecified atom stereocenters. The number of nitrogens with zero attached hydrogens (tertiary/aromatic N) is 1. The average Bonchev–Trinajstić information content (AvgIpc) is 2.83. The summed E-state index contributed by atoms with van der Waals surface area (Å²) in [7, 11) is 1.59. The Morgan fingerprint density at radius 1 is 0.906 bits per heavy atom. The molecule has 7 nitrogen and oxygen atoms in total. The summed E-state index contributed by atoms with van der Waals surface area (Å²) >= 11 is 0. The lowest BCUT2D eigenvalue weighted by Crippen LogP contribution is -2.24. The highest BCUT2D eigenvalue weighted by Crippen LogP contribution is 2.29. The van der Waals surface area contributed by atoms with Gasteiger partial charge in [-0.1, -0.05) is 30.3 Å². The van der Waals surface area contributed by atoms with Crippen molar-refractivity contribution in [1.29, 1.82) is 0 Å². The Labute approximate surface area is 187 Å². The number of nitrogens with one attached hydrogen (secondary N) is 1. The van der Waals surface area contributed by atoms with E-state index in [1.807, 2.05) is 55.5 Å². The Morgan fingerprint density at radius 3 is 2.38 bits per heavy atom. The summed E-state index contributed by atoms with van der Waals surface area (Å²) in [4.78, 5) is 12.0. The smallest absolute Gasteiger partial charge is 0.277 e. The van der Waals surface area contributed by atoms with Crippen molar-refractivity contribution in [2.45, 2.75) is 13.5 Å². The van der Waals surface area contributed by atoms with Crippen LogP contribution in [0.4, 0.5) is 0 Å². The zero-order chi connectivity index (χ0) is 22.6. The summed E-state index contributed by atoms with van der Waals surface area (Å²) in [5.74, 6) is 2.17. The van der Waals surface area contributed by atoms with Crippen LogP contribution in [0.25, 0.3) is 0 Å². The molecule has 0 fully saturated rings. The zero-order valence-electron chi connectivity index (χ0n) is 18.1. The van der Waals surface area contributed by atoms with E-state index in [9.17, 15) is 4.79 Å². The van der Waals surface area contributed by atoms with Gasteiger partial charge in [-0.05, 0) is 60.5 Å². The lowest BCUT2D eigenvalue weighted by Gasteiger charge is -2.12. The molecule has 1 N–H and O–H groups in total. The molecule has 0 saturated carbocycles. The highest BCUT2D eigenvalue weighted by Gasteiger charge is 2.07. The van der Waals surface area contributed by atoms with E-state index in [1.54, 1.807) is 31.4 Å². The Morgan fingerprint density at radius 2 is 1.66 bits per heavy atom. The number of methoxy groups -OCH3 is 1. The molecule has 32 heavy (non-hydrogen) atoms. The van der Waals surface area contributed by atoms with Gasteiger partial charge in [-0.3, -0.25) is 4.79 Å². The van der Waals surface area contributed by atoms with Crippen molar-refractivity contribution in [2.24, 2.45) is 5.10 Å². The van der Waals surface area contributed by atoms with Crippen LogP contribution in [0, 0.1) is 0 Å². The molecule has 3 aromatic rings. The molecule has 166 valence electrons. The van der Waals surface area contributed by atoms with E-state index in [1.165, 1.54) is 6.21 Å². The van der Waals surface area contributed by atoms with Crippen LogP contribution >= 0.6 is 0 Å². The van der Waals surface area contributed by atoms with Gasteiger partial charge in [0.25, 0.3) is 5.91 Å². The van der Waals surface area contributed by atoms with Gasteiger partial charge in [0.1, 0.15) is 18.1 Å². The maximum Gasteiger partial charge on any atom is 0.277 e. The molecule has 3 rings (SSSR count). The second-order valence-corrected chi connectivity index (χ2v) is 6.67. The van der Waals surface area contributed by atoms with Gasteiger partial charge in [-0.2, -0.15) is 5.10 Å². The molecule has 0 aliphatic carbocycles. The number of ether oxygens (including phenoxy) is 4. The number of benzene rings is 3. The van der Waals surface area contributed by atoms with Gasteiger partial charge in [0.15, 0.2) is 18.1 Å². The van der Waals surface area contributed by atoms with Crippen LogP contribution in [0.15, 0.2) is 77.9 Å². The lowest BCUT2D eigenvalue weighted by molar-refractivity contribution is -0.123. The predicted octanol–water partition coefficient (Wildman–Crippen LogP) is 4.20. The van der Waals surface area contributed by atoms with Gasteiger partial charge in [0.2, 0.25) is 0 Å². The fourth-order valence-electron chi connectivity index (χ4n) is 2.76. The third-order valence-electron chi connectivity index (χ3n) is 4.34. The summed E-state index contributed by atoms with van der Waals surface area (Å²) in [6.07, 6.45) is 1.54. The van der Waals surface area contributed by atoms with Gasteiger partial charge in [0.05, 0.1) is 19.9 Å². The Balaban J connectivity index is 1.52. The highest BCUT2D eigenvalue weighted by molar-refractivity contribution is 5.83. The van der Waals surface area contributed by atoms with Crippen molar-refractivity contribution >= 4 is 12.1 Å². The van der Waals surface area contributed by atoms with Crippen molar-refractivity contribution in [3.8, 4) is 23.0 Å². The molecule has 0 heterocycles. The van der Waals surface area contributed by atoms with Crippen molar-refractivity contribution in [1.82, 2.24) is 5.43 Å². The first kappa shape index (κ1) is 22.7. The Kier molecular flexibility index (Phi) is 8.50. The quantitative estimate of drug-likeness (QED) is 0.361. The third-order valence-corrected chi connectivity index (χ3v) is 4.34. The Bertz CT molecular complexity index is 1020. The van der Waals surface area contributed by atoms with E-state index in [4.69, 9.17) is 18.9 Å². The van der Waals surface area contributed by atoms with Gasteiger partial charge < -0.3 is 18.9 Å². The van der Waals surface area contributed by atoms with Gasteiger partial charge in [0, 0.05) is 0 Å². The minimum Gasteiger partial charge on any atom is -0.497 e. The second-order valence-electron chi connectivity index (χ2n) is 6.67. The molecule has 0 aliphatic heterocycles. The van der Waals surface area contributed by atoms with Crippen molar-refractivity contribution in [3.05, 3.63) is 83.9 Å². The third kappa shape index (κ3) is 7.05. The van der Waals surface area contributed by atoms with Crippen molar-refractivity contribution in [3.63, 3.8) is 0 Å². The van der Waals surface area contributed by atoms with Crippen molar-refractivity contribution < 1.29 is 23.7 Å². The number of carbonyl (C=O) groups excluding carboxylic acids is 1. The molecular formula is C25H26N2O5. The van der Waals surface area contributed by atoms with Crippen LogP contribution in [-0.2, 0) is 11.4 Å². The van der Waals surface area contributed by atoms with E-state index < -0.39 is 0 Å². The first-order chi connectivity index (χ1) is 15.7. The minimum absolute atomic E-state index is 0.153. The van der Waals surface area contributed by atoms with E-state index in [0.29, 0.717) is 36.2 Å². The molecule has 0 spiro atoms. The summed E-state index contributed by atoms with van der Waals surface area (Å²) in [5, 5.41) is 3.98. The van der Waals surface area contributed by atoms with Crippen LogP contribution in [0.1, 0.15) is 18.1 Å². The molecule has 7 heteroatoms. The maximum absolute atomic E-state index is 12.0. The topological polar surface area (TPSA) is 78.4 Å². The molecule has 1 amide bonds. The SMILES string of the molecule is CCOc1cc(/C=N\NC(=O)COc2ccc(OC)cc2)ccc1OCc1ccccc1. The largest absolute Gasteiger partial charge is 0.497 e. The van der Waals surface area contributed by atoms with Crippen LogP contribution < -0.4 is 24.4 Å². The predicted molar refractivity (Wildman–Crippen MR) is 123 cm³/mol. The summed E-state index contributed by atoms with van der Waals surface area (Å²) < 4.78 is 22.1. The van der Waals surface area contributed by atoms with Gasteiger partial charge in [-0.15, -0.1) is 0 Å². The van der Waals surface area contributed by atoms with E-state index in [0.717, 1.165) is 11.1 Å². The van der Waals surface area contributed by atoms with Crippen molar-refractivity contribution in [2.75, 3.05) is 20.3 Å². The first-order valence-electron chi connectivity index (χ1n) is 10.2. The summed E-state index contributed by atoms with van der Waals surface area (Å²) in [5.41, 5.74) is 4.28. The molecule has 0 atom stereocenters. The number of hydrazone groups is 1. The van der Waals surface area contributed by atoms with Gasteiger partial charge in [-0.25, -0.2) is 5.43 Å². The normalized spacial score (nSPS) is 10.6. The standard InChI is InChI=1S/C25H26N2O5/c1-3-30-24-15-20(9-14-23(24)32-17-19-7-5-4-6-8-19)16-26-27-25(28)18-31-22-12-10-21(29-2)11-13-22/h4-16H,3,17-18H2,1-2H3,(H,27,28)/b26-16-. The number of amides is 1. The van der Waals surface area contributed by atoms with Crippen LogP contribution in [0.5, 0.6) is 23.0 Å². The van der Waals surface area contributed by atoms with Crippen LogP contribution in [0.3, 0.4) is 0 Å². The molecule has 0 aliphatic rings. The second kappa shape index (κ2) is 12.0. The fraction of sp³-hybridized carbons (Fsp3) is 0.200. The van der Waals surface area contributed by atoms with E-state index in [2.05, 4.69) is 10.5 Å². The number of hydrogen-bond donors (Lipinski definition) is 1.